The summed E-state index contributed by atoms with van der Waals surface area (Å²) in [7, 11) is 0. The first kappa shape index (κ1) is 15.7. The summed E-state index contributed by atoms with van der Waals surface area (Å²) in [6.45, 7) is 12.3. The van der Waals surface area contributed by atoms with Gasteiger partial charge in [-0.25, -0.2) is 0 Å². The number of nitrogens with one attached hydrogen (secondary N) is 1. The molecule has 2 atom stereocenters. The monoisotopic (exact) mass is 284 g/mol. The highest BCUT2D eigenvalue weighted by molar-refractivity contribution is 8.00. The van der Waals surface area contributed by atoms with E-state index in [-0.39, 0.29) is 0 Å². The summed E-state index contributed by atoms with van der Waals surface area (Å²) >= 11 is 2.18. The summed E-state index contributed by atoms with van der Waals surface area (Å²) in [5, 5.41) is 4.64. The van der Waals surface area contributed by atoms with E-state index in [2.05, 4.69) is 42.7 Å². The van der Waals surface area contributed by atoms with Crippen LogP contribution in [0, 0.1) is 5.41 Å². The molecule has 1 heterocycles. The Morgan fingerprint density at radius 1 is 1.32 bits per heavy atom. The van der Waals surface area contributed by atoms with Gasteiger partial charge in [0.2, 0.25) is 0 Å². The van der Waals surface area contributed by atoms with Crippen molar-refractivity contribution in [1.29, 1.82) is 0 Å². The molecule has 1 N–H and O–H groups in total. The van der Waals surface area contributed by atoms with E-state index in [1.807, 2.05) is 0 Å². The van der Waals surface area contributed by atoms with Gasteiger partial charge in [-0.15, -0.1) is 0 Å². The molecule has 2 fully saturated rings. The third-order valence-corrected chi connectivity index (χ3v) is 5.90. The van der Waals surface area contributed by atoms with Gasteiger partial charge in [-0.3, -0.25) is 0 Å². The average Bonchev–Trinajstić information content (AvgIpc) is 3.21. The smallest absolute Gasteiger partial charge is 0.0172 e. The van der Waals surface area contributed by atoms with Crippen molar-refractivity contribution < 1.29 is 0 Å². The molecule has 1 saturated carbocycles. The molecule has 0 bridgehead atoms. The van der Waals surface area contributed by atoms with E-state index in [1.165, 1.54) is 64.0 Å². The second kappa shape index (κ2) is 7.33. The molecule has 1 saturated heterocycles. The number of thioether (sulfide) groups is 1. The van der Waals surface area contributed by atoms with Crippen LogP contribution in [-0.2, 0) is 0 Å². The minimum absolute atomic E-state index is 0.470. The zero-order chi connectivity index (χ0) is 13.7. The van der Waals surface area contributed by atoms with Crippen molar-refractivity contribution in [3.05, 3.63) is 0 Å². The van der Waals surface area contributed by atoms with Gasteiger partial charge in [0, 0.05) is 43.2 Å². The molecular weight excluding hydrogens is 252 g/mol. The maximum absolute atomic E-state index is 3.76. The average molecular weight is 285 g/mol. The predicted molar refractivity (Wildman–Crippen MR) is 87.0 cm³/mol. The summed E-state index contributed by atoms with van der Waals surface area (Å²) in [5.41, 5.74) is 0.470. The Hall–Kier alpha value is 0.270. The van der Waals surface area contributed by atoms with E-state index in [1.54, 1.807) is 0 Å². The van der Waals surface area contributed by atoms with E-state index in [4.69, 9.17) is 0 Å². The van der Waals surface area contributed by atoms with Gasteiger partial charge in [0.25, 0.3) is 0 Å². The quantitative estimate of drug-likeness (QED) is 0.736. The van der Waals surface area contributed by atoms with E-state index < -0.39 is 0 Å². The molecule has 0 aromatic rings. The molecule has 0 radical (unpaired) electrons. The lowest BCUT2D eigenvalue weighted by atomic mass is 9.84. The zero-order valence-corrected chi connectivity index (χ0v) is 13.9. The first-order valence-corrected chi connectivity index (χ1v) is 9.27. The minimum atomic E-state index is 0.470. The second-order valence-corrected chi connectivity index (χ2v) is 8.26. The molecule has 3 heteroatoms. The lowest BCUT2D eigenvalue weighted by molar-refractivity contribution is 0.151. The van der Waals surface area contributed by atoms with Gasteiger partial charge in [0.15, 0.2) is 0 Å². The van der Waals surface area contributed by atoms with E-state index in [0.717, 1.165) is 11.3 Å². The van der Waals surface area contributed by atoms with Gasteiger partial charge < -0.3 is 10.2 Å². The molecule has 2 rings (SSSR count). The highest BCUT2D eigenvalue weighted by Crippen LogP contribution is 2.29. The van der Waals surface area contributed by atoms with Crippen molar-refractivity contribution in [2.24, 2.45) is 5.41 Å². The molecular formula is C16H32N2S. The maximum Gasteiger partial charge on any atom is 0.0172 e. The fourth-order valence-electron chi connectivity index (χ4n) is 3.22. The number of nitrogens with zero attached hydrogens (tertiary/aromatic N) is 1. The van der Waals surface area contributed by atoms with E-state index in [9.17, 15) is 0 Å². The van der Waals surface area contributed by atoms with Crippen LogP contribution in [0.15, 0.2) is 0 Å². The van der Waals surface area contributed by atoms with E-state index >= 15 is 0 Å². The maximum atomic E-state index is 3.76. The van der Waals surface area contributed by atoms with Gasteiger partial charge in [-0.05, 0) is 31.1 Å². The fourth-order valence-corrected chi connectivity index (χ4v) is 4.46. The van der Waals surface area contributed by atoms with Gasteiger partial charge in [0.1, 0.15) is 0 Å². The van der Waals surface area contributed by atoms with Crippen LogP contribution in [0.25, 0.3) is 0 Å². The van der Waals surface area contributed by atoms with Crippen molar-refractivity contribution in [2.45, 2.75) is 64.2 Å². The molecule has 2 nitrogen and oxygen atoms in total. The standard InChI is InChI=1S/C16H32N2S/c1-4-8-16(3,12-17-14-6-7-14)13-18-9-10-19-15(5-2)11-18/h14-15,17H,4-13H2,1-3H3. The Morgan fingerprint density at radius 2 is 2.11 bits per heavy atom. The molecule has 112 valence electrons. The number of hydrogen-bond acceptors (Lipinski definition) is 3. The topological polar surface area (TPSA) is 15.3 Å². The van der Waals surface area contributed by atoms with Gasteiger partial charge in [-0.1, -0.05) is 27.2 Å². The molecule has 1 aliphatic heterocycles. The third-order valence-electron chi connectivity index (χ3n) is 4.53. The van der Waals surface area contributed by atoms with Crippen LogP contribution in [0.3, 0.4) is 0 Å². The normalized spacial score (nSPS) is 28.3. The Bertz CT molecular complexity index is 267. The summed E-state index contributed by atoms with van der Waals surface area (Å²) in [6.07, 6.45) is 6.79. The van der Waals surface area contributed by atoms with Crippen molar-refractivity contribution in [2.75, 3.05) is 31.9 Å². The summed E-state index contributed by atoms with van der Waals surface area (Å²) in [5.74, 6) is 1.33. The number of rotatable bonds is 8. The molecule has 19 heavy (non-hydrogen) atoms. The lowest BCUT2D eigenvalue weighted by Gasteiger charge is -2.39. The van der Waals surface area contributed by atoms with Crippen LogP contribution in [0.5, 0.6) is 0 Å². The van der Waals surface area contributed by atoms with Crippen LogP contribution in [0.1, 0.15) is 52.9 Å². The Balaban J connectivity index is 1.82. The molecule has 0 aromatic heterocycles. The molecule has 0 amide bonds. The van der Waals surface area contributed by atoms with Crippen LogP contribution in [0.2, 0.25) is 0 Å². The molecule has 1 aliphatic carbocycles. The van der Waals surface area contributed by atoms with Crippen LogP contribution in [-0.4, -0.2) is 48.1 Å². The van der Waals surface area contributed by atoms with Crippen LogP contribution >= 0.6 is 11.8 Å². The third kappa shape index (κ3) is 5.28. The Kier molecular flexibility index (Phi) is 6.04. The fraction of sp³-hybridized carbons (Fsp3) is 1.00. The van der Waals surface area contributed by atoms with Crippen molar-refractivity contribution >= 4 is 11.8 Å². The number of hydrogen-bond donors (Lipinski definition) is 1. The Morgan fingerprint density at radius 3 is 2.74 bits per heavy atom. The van der Waals surface area contributed by atoms with Crippen molar-refractivity contribution in [3.63, 3.8) is 0 Å². The molecule has 0 aromatic carbocycles. The SMILES string of the molecule is CCCC(C)(CNC1CC1)CN1CCSC(CC)C1. The van der Waals surface area contributed by atoms with Crippen LogP contribution < -0.4 is 5.32 Å². The van der Waals surface area contributed by atoms with Crippen LogP contribution in [0.4, 0.5) is 0 Å². The summed E-state index contributed by atoms with van der Waals surface area (Å²) in [6, 6.07) is 0.844. The van der Waals surface area contributed by atoms with E-state index in [0.29, 0.717) is 5.41 Å². The molecule has 2 aliphatic rings. The zero-order valence-electron chi connectivity index (χ0n) is 13.1. The molecule has 0 spiro atoms. The first-order valence-electron chi connectivity index (χ1n) is 8.22. The largest absolute Gasteiger partial charge is 0.313 e. The Labute approximate surface area is 124 Å². The van der Waals surface area contributed by atoms with Gasteiger partial charge >= 0.3 is 0 Å². The first-order chi connectivity index (χ1) is 9.15. The summed E-state index contributed by atoms with van der Waals surface area (Å²) < 4.78 is 0. The highest BCUT2D eigenvalue weighted by Gasteiger charge is 2.31. The predicted octanol–water partition coefficient (Wildman–Crippen LogP) is 3.37. The minimum Gasteiger partial charge on any atom is -0.313 e. The van der Waals surface area contributed by atoms with Crippen molar-refractivity contribution in [3.8, 4) is 0 Å². The van der Waals surface area contributed by atoms with Gasteiger partial charge in [0.05, 0.1) is 0 Å². The highest BCUT2D eigenvalue weighted by atomic mass is 32.2. The van der Waals surface area contributed by atoms with Gasteiger partial charge in [-0.2, -0.15) is 11.8 Å². The lowest BCUT2D eigenvalue weighted by Crippen LogP contribution is -2.47. The summed E-state index contributed by atoms with van der Waals surface area (Å²) in [4.78, 5) is 2.73. The molecule has 2 unspecified atom stereocenters. The second-order valence-electron chi connectivity index (χ2n) is 6.85. The van der Waals surface area contributed by atoms with Crippen molar-refractivity contribution in [1.82, 2.24) is 10.2 Å².